The van der Waals surface area contributed by atoms with E-state index < -0.39 is 0 Å². The van der Waals surface area contributed by atoms with Crippen LogP contribution in [-0.4, -0.2) is 12.8 Å². The number of ether oxygens (including phenoxy) is 1. The van der Waals surface area contributed by atoms with Gasteiger partial charge >= 0.3 is 6.03 Å². The van der Waals surface area contributed by atoms with Gasteiger partial charge in [-0.2, -0.15) is 0 Å². The van der Waals surface area contributed by atoms with Gasteiger partial charge in [0.25, 0.3) is 0 Å². The molecule has 0 aliphatic heterocycles. The van der Waals surface area contributed by atoms with E-state index in [0.717, 1.165) is 33.8 Å². The van der Waals surface area contributed by atoms with Crippen molar-refractivity contribution >= 4 is 23.3 Å². The Bertz CT molecular complexity index is 678. The summed E-state index contributed by atoms with van der Waals surface area (Å²) in [6.45, 7) is 5.97. The van der Waals surface area contributed by atoms with Crippen molar-refractivity contribution in [3.8, 4) is 5.75 Å². The lowest BCUT2D eigenvalue weighted by Crippen LogP contribution is -2.32. The highest BCUT2D eigenvalue weighted by molar-refractivity contribution is 6.32. The van der Waals surface area contributed by atoms with Crippen LogP contribution in [0.15, 0.2) is 36.4 Å². The molecule has 0 aromatic heterocycles. The Morgan fingerprint density at radius 3 is 2.48 bits per heavy atom. The van der Waals surface area contributed by atoms with Gasteiger partial charge in [0.15, 0.2) is 6.73 Å². The summed E-state index contributed by atoms with van der Waals surface area (Å²) in [5.41, 5.74) is 3.80. The smallest absolute Gasteiger partial charge is 0.321 e. The minimum atomic E-state index is -0.298. The van der Waals surface area contributed by atoms with Gasteiger partial charge in [0, 0.05) is 10.7 Å². The second-order valence-corrected chi connectivity index (χ2v) is 5.68. The van der Waals surface area contributed by atoms with E-state index in [1.807, 2.05) is 57.2 Å². The zero-order valence-electron chi connectivity index (χ0n) is 13.6. The van der Waals surface area contributed by atoms with Crippen molar-refractivity contribution in [3.05, 3.63) is 58.1 Å². The SMILES string of the molecule is CCc1ccccc1NC(=O)NCOc1cc(C)c(Cl)c(C)c1. The van der Waals surface area contributed by atoms with Gasteiger partial charge in [0.1, 0.15) is 5.75 Å². The van der Waals surface area contributed by atoms with E-state index in [1.54, 1.807) is 0 Å². The van der Waals surface area contributed by atoms with Crippen LogP contribution in [0.1, 0.15) is 23.6 Å². The molecule has 4 nitrogen and oxygen atoms in total. The molecule has 0 saturated heterocycles. The van der Waals surface area contributed by atoms with Crippen molar-refractivity contribution in [2.75, 3.05) is 12.0 Å². The van der Waals surface area contributed by atoms with Gasteiger partial charge in [-0.05, 0) is 55.2 Å². The monoisotopic (exact) mass is 332 g/mol. The lowest BCUT2D eigenvalue weighted by molar-refractivity contribution is 0.234. The lowest BCUT2D eigenvalue weighted by atomic mass is 10.1. The van der Waals surface area contributed by atoms with E-state index in [-0.39, 0.29) is 12.8 Å². The Morgan fingerprint density at radius 1 is 1.17 bits per heavy atom. The van der Waals surface area contributed by atoms with Crippen LogP contribution in [0.2, 0.25) is 5.02 Å². The topological polar surface area (TPSA) is 50.4 Å². The zero-order chi connectivity index (χ0) is 16.8. The third-order valence-corrected chi connectivity index (χ3v) is 4.12. The highest BCUT2D eigenvalue weighted by atomic mass is 35.5. The Morgan fingerprint density at radius 2 is 1.83 bits per heavy atom. The molecule has 0 bridgehead atoms. The van der Waals surface area contributed by atoms with Crippen molar-refractivity contribution in [1.29, 1.82) is 0 Å². The second-order valence-electron chi connectivity index (χ2n) is 5.30. The number of urea groups is 1. The fourth-order valence-corrected chi connectivity index (χ4v) is 2.40. The first-order valence-corrected chi connectivity index (χ1v) is 7.91. The molecule has 2 N–H and O–H groups in total. The number of carbonyl (C=O) groups is 1. The summed E-state index contributed by atoms with van der Waals surface area (Å²) in [5.74, 6) is 0.679. The van der Waals surface area contributed by atoms with E-state index in [2.05, 4.69) is 10.6 Å². The predicted octanol–water partition coefficient (Wildman–Crippen LogP) is 4.68. The number of aryl methyl sites for hydroxylation is 3. The van der Waals surface area contributed by atoms with Crippen LogP contribution in [0, 0.1) is 13.8 Å². The molecule has 2 aromatic rings. The molecule has 0 heterocycles. The van der Waals surface area contributed by atoms with Crippen molar-refractivity contribution in [2.24, 2.45) is 0 Å². The second kappa shape index (κ2) is 7.88. The molecular weight excluding hydrogens is 312 g/mol. The van der Waals surface area contributed by atoms with Crippen molar-refractivity contribution in [2.45, 2.75) is 27.2 Å². The minimum absolute atomic E-state index is 0.0840. The van der Waals surface area contributed by atoms with Gasteiger partial charge in [-0.3, -0.25) is 0 Å². The molecule has 0 aliphatic rings. The summed E-state index contributed by atoms with van der Waals surface area (Å²) in [6, 6.07) is 11.1. The number of hydrogen-bond acceptors (Lipinski definition) is 2. The van der Waals surface area contributed by atoms with E-state index >= 15 is 0 Å². The normalized spacial score (nSPS) is 10.3. The van der Waals surface area contributed by atoms with Gasteiger partial charge in [-0.1, -0.05) is 36.7 Å². The molecular formula is C18H21ClN2O2. The first-order chi connectivity index (χ1) is 11.0. The molecule has 0 radical (unpaired) electrons. The summed E-state index contributed by atoms with van der Waals surface area (Å²) in [6.07, 6.45) is 0.857. The summed E-state index contributed by atoms with van der Waals surface area (Å²) in [7, 11) is 0. The standard InChI is InChI=1S/C18H21ClN2O2/c1-4-14-7-5-6-8-16(14)21-18(22)20-11-23-15-9-12(2)17(19)13(3)10-15/h5-10H,4,11H2,1-3H3,(H2,20,21,22). The maximum Gasteiger partial charge on any atom is 0.321 e. The molecule has 122 valence electrons. The number of carbonyl (C=O) groups excluding carboxylic acids is 1. The van der Waals surface area contributed by atoms with Gasteiger partial charge < -0.3 is 15.4 Å². The van der Waals surface area contributed by atoms with Gasteiger partial charge in [-0.25, -0.2) is 4.79 Å². The Hall–Kier alpha value is -2.20. The van der Waals surface area contributed by atoms with Crippen LogP contribution in [0.5, 0.6) is 5.75 Å². The molecule has 0 unspecified atom stereocenters. The number of benzene rings is 2. The maximum atomic E-state index is 11.9. The highest BCUT2D eigenvalue weighted by Gasteiger charge is 2.06. The van der Waals surface area contributed by atoms with Gasteiger partial charge in [-0.15, -0.1) is 0 Å². The predicted molar refractivity (Wildman–Crippen MR) is 94.4 cm³/mol. The first-order valence-electron chi connectivity index (χ1n) is 7.53. The Balaban J connectivity index is 1.88. The fourth-order valence-electron chi connectivity index (χ4n) is 2.29. The maximum absolute atomic E-state index is 11.9. The number of hydrogen-bond donors (Lipinski definition) is 2. The molecule has 2 aromatic carbocycles. The van der Waals surface area contributed by atoms with Gasteiger partial charge in [0.05, 0.1) is 0 Å². The molecule has 2 amide bonds. The zero-order valence-corrected chi connectivity index (χ0v) is 14.3. The third-order valence-electron chi connectivity index (χ3n) is 3.53. The number of nitrogens with one attached hydrogen (secondary N) is 2. The molecule has 0 fully saturated rings. The molecule has 5 heteroatoms. The summed E-state index contributed by atoms with van der Waals surface area (Å²) in [4.78, 5) is 11.9. The number of rotatable bonds is 5. The van der Waals surface area contributed by atoms with Crippen LogP contribution in [0.4, 0.5) is 10.5 Å². The number of anilines is 1. The molecule has 0 spiro atoms. The summed E-state index contributed by atoms with van der Waals surface area (Å²) < 4.78 is 5.56. The molecule has 2 rings (SSSR count). The molecule has 0 atom stereocenters. The van der Waals surface area contributed by atoms with Crippen molar-refractivity contribution < 1.29 is 9.53 Å². The van der Waals surface area contributed by atoms with Crippen LogP contribution >= 0.6 is 11.6 Å². The fraction of sp³-hybridized carbons (Fsp3) is 0.278. The Labute approximate surface area is 141 Å². The van der Waals surface area contributed by atoms with Crippen LogP contribution in [0.3, 0.4) is 0 Å². The summed E-state index contributed by atoms with van der Waals surface area (Å²) >= 11 is 6.12. The average molecular weight is 333 g/mol. The average Bonchev–Trinajstić information content (AvgIpc) is 2.53. The largest absolute Gasteiger partial charge is 0.473 e. The van der Waals surface area contributed by atoms with Crippen LogP contribution < -0.4 is 15.4 Å². The van der Waals surface area contributed by atoms with Crippen molar-refractivity contribution in [3.63, 3.8) is 0 Å². The van der Waals surface area contributed by atoms with Crippen LogP contribution in [0.25, 0.3) is 0 Å². The van der Waals surface area contributed by atoms with Crippen LogP contribution in [-0.2, 0) is 6.42 Å². The van der Waals surface area contributed by atoms with Gasteiger partial charge in [0.2, 0.25) is 0 Å². The number of halogens is 1. The number of para-hydroxylation sites is 1. The third kappa shape index (κ3) is 4.63. The van der Waals surface area contributed by atoms with Crippen molar-refractivity contribution in [1.82, 2.24) is 5.32 Å². The molecule has 0 saturated carbocycles. The van der Waals surface area contributed by atoms with E-state index in [0.29, 0.717) is 5.75 Å². The van der Waals surface area contributed by atoms with E-state index in [1.165, 1.54) is 0 Å². The molecule has 0 aliphatic carbocycles. The highest BCUT2D eigenvalue weighted by Crippen LogP contribution is 2.25. The van der Waals surface area contributed by atoms with E-state index in [4.69, 9.17) is 16.3 Å². The lowest BCUT2D eigenvalue weighted by Gasteiger charge is -2.13. The summed E-state index contributed by atoms with van der Waals surface area (Å²) in [5, 5.41) is 6.24. The quantitative estimate of drug-likeness (QED) is 0.781. The first kappa shape index (κ1) is 17.2. The Kier molecular flexibility index (Phi) is 5.88. The minimum Gasteiger partial charge on any atom is -0.473 e. The number of amides is 2. The van der Waals surface area contributed by atoms with E-state index in [9.17, 15) is 4.79 Å². The molecule has 23 heavy (non-hydrogen) atoms.